The van der Waals surface area contributed by atoms with Gasteiger partial charge in [0.25, 0.3) is 0 Å². The molecule has 18 unspecified atom stereocenters. The highest BCUT2D eigenvalue weighted by Gasteiger charge is 2.58. The zero-order chi connectivity index (χ0) is 71.8. The first kappa shape index (κ1) is 89.9. The van der Waals surface area contributed by atoms with E-state index in [1.807, 2.05) is 0 Å². The van der Waals surface area contributed by atoms with E-state index < -0.39 is 156 Å². The van der Waals surface area contributed by atoms with E-state index in [0.717, 1.165) is 83.5 Å². The molecule has 0 bridgehead atoms. The summed E-state index contributed by atoms with van der Waals surface area (Å²) in [4.78, 5) is 51.0. The Morgan fingerprint density at radius 2 is 0.714 bits per heavy atom. The number of carbonyl (C=O) groups is 3. The predicted octanol–water partition coefficient (Wildman–Crippen LogP) is 10.7. The van der Waals surface area contributed by atoms with Crippen molar-refractivity contribution in [2.45, 2.75) is 407 Å². The van der Waals surface area contributed by atoms with Gasteiger partial charge in [0, 0.05) is 19.3 Å². The molecule has 2 heterocycles. The molecule has 0 amide bonds. The second kappa shape index (κ2) is 55.2. The first-order chi connectivity index (χ1) is 47.3. The normalized spacial score (nSPS) is 27.7. The summed E-state index contributed by atoms with van der Waals surface area (Å²) in [7, 11) is -5.70. The topological polar surface area (TPSA) is 374 Å². The Bertz CT molecular complexity index is 2080. The van der Waals surface area contributed by atoms with Crippen molar-refractivity contribution in [3.63, 3.8) is 0 Å². The maximum atomic E-state index is 14.3. The predicted molar refractivity (Wildman–Crippen MR) is 370 cm³/mol. The summed E-state index contributed by atoms with van der Waals surface area (Å²) in [6.45, 7) is 3.44. The number of aliphatic hydroxyl groups excluding tert-OH is 10. The molecule has 18 atom stereocenters. The van der Waals surface area contributed by atoms with E-state index in [1.54, 1.807) is 0 Å². The van der Waals surface area contributed by atoms with Gasteiger partial charge in [-0.25, -0.2) is 4.57 Å². The number of carbonyl (C=O) groups excluding carboxylic acids is 3. The van der Waals surface area contributed by atoms with Gasteiger partial charge in [0.2, 0.25) is 0 Å². The maximum Gasteiger partial charge on any atom is 0.472 e. The molecular weight excluding hydrogens is 1290 g/mol. The van der Waals surface area contributed by atoms with Gasteiger partial charge < -0.3 is 89.1 Å². The molecule has 3 rings (SSSR count). The van der Waals surface area contributed by atoms with Crippen molar-refractivity contribution in [1.82, 2.24) is 0 Å². The molecule has 576 valence electrons. The number of ether oxygens (including phenoxy) is 7. The van der Waals surface area contributed by atoms with Crippen molar-refractivity contribution in [2.75, 3.05) is 26.4 Å². The summed E-state index contributed by atoms with van der Waals surface area (Å²) in [6.07, 6.45) is 14.2. The number of hydrogen-bond donors (Lipinski definition) is 11. The van der Waals surface area contributed by atoms with Crippen LogP contribution in [0, 0.1) is 0 Å². The average molecular weight is 1430 g/mol. The molecule has 0 spiro atoms. The molecule has 98 heavy (non-hydrogen) atoms. The third-order valence-electron chi connectivity index (χ3n) is 19.0. The first-order valence-electron chi connectivity index (χ1n) is 38.5. The smallest absolute Gasteiger partial charge is 0.463 e. The lowest BCUT2D eigenvalue weighted by Crippen LogP contribution is -2.69. The van der Waals surface area contributed by atoms with Gasteiger partial charge in [0.05, 0.1) is 13.2 Å². The summed E-state index contributed by atoms with van der Waals surface area (Å²) in [5, 5.41) is 110. The van der Waals surface area contributed by atoms with Crippen LogP contribution in [0.4, 0.5) is 0 Å². The number of hydrogen-bond acceptors (Lipinski definition) is 23. The Morgan fingerprint density at radius 1 is 0.388 bits per heavy atom. The average Bonchev–Trinajstić information content (AvgIpc) is 0.761. The van der Waals surface area contributed by atoms with E-state index >= 15 is 0 Å². The molecule has 24 nitrogen and oxygen atoms in total. The number of aliphatic hydroxyl groups is 10. The van der Waals surface area contributed by atoms with Crippen molar-refractivity contribution in [1.29, 1.82) is 0 Å². The molecule has 2 saturated heterocycles. The highest BCUT2D eigenvalue weighted by molar-refractivity contribution is 7.47. The molecule has 25 heteroatoms. The van der Waals surface area contributed by atoms with Gasteiger partial charge in [0.1, 0.15) is 98.7 Å². The molecule has 2 aliphatic heterocycles. The van der Waals surface area contributed by atoms with Crippen LogP contribution in [0.3, 0.4) is 0 Å². The van der Waals surface area contributed by atoms with Gasteiger partial charge in [-0.1, -0.05) is 251 Å². The summed E-state index contributed by atoms with van der Waals surface area (Å²) in [5.41, 5.74) is 0. The number of rotatable bonds is 60. The third-order valence-corrected chi connectivity index (χ3v) is 20.0. The highest BCUT2D eigenvalue weighted by Crippen LogP contribution is 2.49. The van der Waals surface area contributed by atoms with Crippen LogP contribution in [-0.2, 0) is 61.2 Å². The summed E-state index contributed by atoms with van der Waals surface area (Å²) in [6, 6.07) is 0. The fourth-order valence-corrected chi connectivity index (χ4v) is 13.7. The molecular formula is C73H135O24P. The van der Waals surface area contributed by atoms with Gasteiger partial charge in [-0.3, -0.25) is 23.4 Å². The fraction of sp³-hybridized carbons (Fsp3) is 0.932. The van der Waals surface area contributed by atoms with Crippen LogP contribution >= 0.6 is 7.82 Å². The third kappa shape index (κ3) is 37.9. The van der Waals surface area contributed by atoms with E-state index in [-0.39, 0.29) is 19.3 Å². The second-order valence-corrected chi connectivity index (χ2v) is 29.1. The van der Waals surface area contributed by atoms with Gasteiger partial charge in [-0.2, -0.15) is 0 Å². The van der Waals surface area contributed by atoms with Gasteiger partial charge in [0.15, 0.2) is 18.7 Å². The standard InChI is InChI=1S/C73H135O24P/c1-4-7-10-13-16-19-22-25-27-28-29-31-33-36-38-41-44-47-57(75)89-51-54(92-59(77)49-46-43-40-37-34-30-26-23-20-17-14-11-8-5-2)52-91-98(87,88)97-71-69(95-72-67(85)62(80)60(78)55(50-74)93-72)65(83)64(82)66(84)70(71)96-73-68(86)63(81)61(79)56(94-73)53-90-58(76)48-45-42-39-35-32-24-21-18-15-12-9-6-3/h30,34,54-56,60-74,78-86H,4-29,31-33,35-53H2,1-3H3,(H,87,88)/b34-30-. The van der Waals surface area contributed by atoms with Gasteiger partial charge in [-0.05, 0) is 44.9 Å². The molecule has 0 radical (unpaired) electrons. The van der Waals surface area contributed by atoms with Crippen molar-refractivity contribution in [3.05, 3.63) is 12.2 Å². The molecule has 1 saturated carbocycles. The Balaban J connectivity index is 1.73. The molecule has 0 aromatic carbocycles. The first-order valence-corrected chi connectivity index (χ1v) is 40.0. The molecule has 0 aromatic heterocycles. The lowest BCUT2D eigenvalue weighted by atomic mass is 9.84. The molecule has 0 aromatic rings. The van der Waals surface area contributed by atoms with Crippen LogP contribution in [0.25, 0.3) is 0 Å². The Labute approximate surface area is 586 Å². The van der Waals surface area contributed by atoms with Crippen LogP contribution in [0.2, 0.25) is 0 Å². The van der Waals surface area contributed by atoms with E-state index in [9.17, 15) is 74.9 Å². The largest absolute Gasteiger partial charge is 0.472 e. The number of phosphoric ester groups is 1. The quantitative estimate of drug-likeness (QED) is 0.00886. The minimum Gasteiger partial charge on any atom is -0.463 e. The Hall–Kier alpha value is -2.30. The van der Waals surface area contributed by atoms with Gasteiger partial charge in [-0.15, -0.1) is 0 Å². The Morgan fingerprint density at radius 3 is 1.11 bits per heavy atom. The van der Waals surface area contributed by atoms with E-state index in [0.29, 0.717) is 25.7 Å². The van der Waals surface area contributed by atoms with Crippen LogP contribution in [0.15, 0.2) is 12.2 Å². The lowest BCUT2D eigenvalue weighted by molar-refractivity contribution is -0.360. The molecule has 11 N–H and O–H groups in total. The van der Waals surface area contributed by atoms with Crippen LogP contribution in [0.5, 0.6) is 0 Å². The fourth-order valence-electron chi connectivity index (χ4n) is 12.8. The minimum absolute atomic E-state index is 0.0314. The second-order valence-electron chi connectivity index (χ2n) is 27.7. The van der Waals surface area contributed by atoms with Crippen molar-refractivity contribution in [3.8, 4) is 0 Å². The van der Waals surface area contributed by atoms with Crippen molar-refractivity contribution in [2.24, 2.45) is 0 Å². The Kier molecular flexibility index (Phi) is 50.7. The number of esters is 3. The summed E-state index contributed by atoms with van der Waals surface area (Å²) < 4.78 is 65.0. The molecule has 1 aliphatic carbocycles. The monoisotopic (exact) mass is 1430 g/mol. The van der Waals surface area contributed by atoms with E-state index in [1.165, 1.54) is 154 Å². The highest BCUT2D eigenvalue weighted by atomic mass is 31.2. The van der Waals surface area contributed by atoms with Crippen LogP contribution < -0.4 is 0 Å². The van der Waals surface area contributed by atoms with E-state index in [2.05, 4.69) is 32.9 Å². The zero-order valence-electron chi connectivity index (χ0n) is 60.1. The number of allylic oxidation sites excluding steroid dienone is 2. The lowest BCUT2D eigenvalue weighted by Gasteiger charge is -2.49. The summed E-state index contributed by atoms with van der Waals surface area (Å²) in [5.74, 6) is -2.00. The SMILES string of the molecule is CCCCCCCCC/C=C\CCCCCC(=O)OC(COC(=O)CCCCCCCCCCCCCCCCCCC)COP(=O)(O)OC1C(OC2OC(CO)C(O)C(O)C2O)C(O)C(O)C(O)C1OC1OC(COC(=O)CCCCCCCCCCCCCC)C(O)C(O)C1O. The minimum atomic E-state index is -5.70. The number of phosphoric acid groups is 1. The molecule has 3 aliphatic rings. The van der Waals surface area contributed by atoms with E-state index in [4.69, 9.17) is 42.2 Å². The summed E-state index contributed by atoms with van der Waals surface area (Å²) >= 11 is 0. The maximum absolute atomic E-state index is 14.3. The van der Waals surface area contributed by atoms with Gasteiger partial charge >= 0.3 is 25.7 Å². The van der Waals surface area contributed by atoms with Crippen molar-refractivity contribution >= 4 is 25.7 Å². The molecule has 3 fully saturated rings. The van der Waals surface area contributed by atoms with Crippen LogP contribution in [-0.4, -0.2) is 204 Å². The van der Waals surface area contributed by atoms with Crippen molar-refractivity contribution < 1.29 is 117 Å². The van der Waals surface area contributed by atoms with Crippen LogP contribution in [0.1, 0.15) is 303 Å². The zero-order valence-corrected chi connectivity index (χ0v) is 61.0. The number of unbranched alkanes of at least 4 members (excludes halogenated alkanes) is 37.